The number of fused-ring (bicyclic) bond motifs is 16. The molecule has 0 saturated carbocycles. The van der Waals surface area contributed by atoms with Crippen molar-refractivity contribution in [3.8, 4) is 67.5 Å². The van der Waals surface area contributed by atoms with E-state index in [4.69, 9.17) is 19.4 Å². The molecule has 0 aliphatic heterocycles. The van der Waals surface area contributed by atoms with Gasteiger partial charge >= 0.3 is 0 Å². The van der Waals surface area contributed by atoms with Gasteiger partial charge in [0, 0.05) is 27.3 Å². The number of hydrogen-bond acceptors (Lipinski definition) is 4. The molecule has 13 rings (SSSR count). The van der Waals surface area contributed by atoms with Gasteiger partial charge in [-0.2, -0.15) is 0 Å². The highest BCUT2D eigenvalue weighted by Gasteiger charge is 2.51. The van der Waals surface area contributed by atoms with E-state index in [9.17, 15) is 0 Å². The van der Waals surface area contributed by atoms with E-state index in [1.807, 2.05) is 12.1 Å². The molecule has 0 radical (unpaired) electrons. The summed E-state index contributed by atoms with van der Waals surface area (Å²) in [5, 5.41) is 2.10. The minimum atomic E-state index is -0.483. The molecule has 0 unspecified atom stereocenters. The van der Waals surface area contributed by atoms with Crippen LogP contribution in [0.2, 0.25) is 0 Å². The van der Waals surface area contributed by atoms with Crippen LogP contribution in [-0.4, -0.2) is 15.0 Å². The second-order valence-corrected chi connectivity index (χ2v) is 16.6. The van der Waals surface area contributed by atoms with Crippen LogP contribution in [-0.2, 0) is 10.8 Å². The van der Waals surface area contributed by atoms with E-state index in [-0.39, 0.29) is 5.41 Å². The maximum atomic E-state index is 6.60. The van der Waals surface area contributed by atoms with Crippen LogP contribution in [0.15, 0.2) is 180 Å². The Balaban J connectivity index is 1.09. The molecule has 2 heterocycles. The van der Waals surface area contributed by atoms with Crippen molar-refractivity contribution in [2.24, 2.45) is 0 Å². The molecule has 2 aromatic heterocycles. The molecule has 276 valence electrons. The average Bonchev–Trinajstić information content (AvgIpc) is 3.98. The Hall–Kier alpha value is -7.43. The van der Waals surface area contributed by atoms with Gasteiger partial charge in [0.05, 0.1) is 11.0 Å². The van der Waals surface area contributed by atoms with Crippen molar-refractivity contribution in [1.82, 2.24) is 15.0 Å². The van der Waals surface area contributed by atoms with Crippen LogP contribution in [0.5, 0.6) is 0 Å². The largest absolute Gasteiger partial charge is 0.455 e. The Labute approximate surface area is 341 Å². The lowest BCUT2D eigenvalue weighted by Gasteiger charge is -2.30. The number of rotatable bonds is 3. The third-order valence-corrected chi connectivity index (χ3v) is 13.4. The van der Waals surface area contributed by atoms with Gasteiger partial charge in [-0.1, -0.05) is 172 Å². The van der Waals surface area contributed by atoms with Gasteiger partial charge in [-0.3, -0.25) is 0 Å². The predicted molar refractivity (Wildman–Crippen MR) is 237 cm³/mol. The minimum Gasteiger partial charge on any atom is -0.455 e. The summed E-state index contributed by atoms with van der Waals surface area (Å²) >= 11 is 0. The van der Waals surface area contributed by atoms with Gasteiger partial charge < -0.3 is 4.42 Å². The number of nitrogens with zero attached hydrogens (tertiary/aromatic N) is 3. The SMILES string of the molecule is CC1(C)c2ccccc2-c2c(-c3nc(-c4ccc5c(c4)C4(c6ccccc6-c6ccccc64)c4ccccc4-5)nc(-c4cccc5c4oc4ccccc45)n3)cccc21. The summed E-state index contributed by atoms with van der Waals surface area (Å²) in [6, 6.07) is 63.4. The molecule has 8 aromatic carbocycles. The fourth-order valence-electron chi connectivity index (χ4n) is 10.8. The number of hydrogen-bond donors (Lipinski definition) is 0. The van der Waals surface area contributed by atoms with E-state index < -0.39 is 5.41 Å². The molecule has 0 saturated heterocycles. The molecular formula is C55H35N3O. The first kappa shape index (κ1) is 32.6. The number of para-hydroxylation sites is 2. The molecule has 3 aliphatic rings. The summed E-state index contributed by atoms with van der Waals surface area (Å²) < 4.78 is 6.60. The summed E-state index contributed by atoms with van der Waals surface area (Å²) in [5.74, 6) is 1.83. The molecule has 0 fully saturated rings. The Kier molecular flexibility index (Phi) is 6.41. The minimum absolute atomic E-state index is 0.169. The Bertz CT molecular complexity index is 3380. The number of aromatic nitrogens is 3. The summed E-state index contributed by atoms with van der Waals surface area (Å²) in [6.45, 7) is 4.62. The first-order chi connectivity index (χ1) is 29.0. The van der Waals surface area contributed by atoms with Gasteiger partial charge in [-0.15, -0.1) is 0 Å². The fraction of sp³-hybridized carbons (Fsp3) is 0.0727. The molecule has 0 N–H and O–H groups in total. The van der Waals surface area contributed by atoms with Gasteiger partial charge in [-0.25, -0.2) is 15.0 Å². The highest BCUT2D eigenvalue weighted by Crippen LogP contribution is 2.63. The Morgan fingerprint density at radius 3 is 1.58 bits per heavy atom. The van der Waals surface area contributed by atoms with E-state index in [1.54, 1.807) is 0 Å². The molecule has 0 atom stereocenters. The first-order valence-corrected chi connectivity index (χ1v) is 20.4. The van der Waals surface area contributed by atoms with Crippen LogP contribution >= 0.6 is 0 Å². The highest BCUT2D eigenvalue weighted by atomic mass is 16.3. The molecular weight excluding hydrogens is 719 g/mol. The summed E-state index contributed by atoms with van der Waals surface area (Å²) in [5.41, 5.74) is 18.9. The molecule has 0 amide bonds. The second-order valence-electron chi connectivity index (χ2n) is 16.6. The highest BCUT2D eigenvalue weighted by molar-refractivity contribution is 6.09. The van der Waals surface area contributed by atoms with Gasteiger partial charge in [0.1, 0.15) is 11.2 Å². The maximum absolute atomic E-state index is 6.60. The first-order valence-electron chi connectivity index (χ1n) is 20.4. The summed E-state index contributed by atoms with van der Waals surface area (Å²) in [4.78, 5) is 16.2. The third kappa shape index (κ3) is 4.20. The third-order valence-electron chi connectivity index (χ3n) is 13.4. The van der Waals surface area contributed by atoms with Crippen molar-refractivity contribution in [3.05, 3.63) is 209 Å². The van der Waals surface area contributed by atoms with Crippen LogP contribution in [0.4, 0.5) is 0 Å². The molecule has 10 aromatic rings. The Morgan fingerprint density at radius 1 is 0.373 bits per heavy atom. The second kappa shape index (κ2) is 11.6. The van der Waals surface area contributed by atoms with Crippen molar-refractivity contribution >= 4 is 21.9 Å². The standard InChI is InChI=1S/C55H35N3O/c1-54(2)42-23-8-6-19-39(42)49-40(21-14-27-46(49)54)52-56-51(57-53(58-52)41-22-13-20-38-37-18-7-12-28-48(37)59-50(38)41)32-29-30-36-35-17-5-11-26-45(35)55(47(36)31-32)43-24-9-3-15-33(43)34-16-4-10-25-44(34)55/h3-31H,1-2H3. The van der Waals surface area contributed by atoms with E-state index in [0.29, 0.717) is 17.5 Å². The van der Waals surface area contributed by atoms with Crippen LogP contribution in [0.25, 0.3) is 89.5 Å². The lowest BCUT2D eigenvalue weighted by Crippen LogP contribution is -2.25. The van der Waals surface area contributed by atoms with Crippen LogP contribution in [0.1, 0.15) is 47.2 Å². The van der Waals surface area contributed by atoms with E-state index in [1.165, 1.54) is 66.8 Å². The van der Waals surface area contributed by atoms with E-state index in [0.717, 1.165) is 38.6 Å². The predicted octanol–water partition coefficient (Wildman–Crippen LogP) is 13.4. The number of furan rings is 1. The van der Waals surface area contributed by atoms with Crippen molar-refractivity contribution < 1.29 is 4.42 Å². The summed E-state index contributed by atoms with van der Waals surface area (Å²) in [6.07, 6.45) is 0. The summed E-state index contributed by atoms with van der Waals surface area (Å²) in [7, 11) is 0. The molecule has 3 aliphatic carbocycles. The van der Waals surface area contributed by atoms with Crippen molar-refractivity contribution in [2.45, 2.75) is 24.7 Å². The van der Waals surface area contributed by atoms with Gasteiger partial charge in [0.15, 0.2) is 17.5 Å². The van der Waals surface area contributed by atoms with Crippen molar-refractivity contribution in [1.29, 1.82) is 0 Å². The fourth-order valence-corrected chi connectivity index (χ4v) is 10.8. The molecule has 1 spiro atoms. The zero-order valence-corrected chi connectivity index (χ0v) is 32.5. The smallest absolute Gasteiger partial charge is 0.167 e. The van der Waals surface area contributed by atoms with Crippen LogP contribution < -0.4 is 0 Å². The number of benzene rings is 8. The lowest BCUT2D eigenvalue weighted by atomic mass is 9.70. The zero-order valence-electron chi connectivity index (χ0n) is 32.5. The molecule has 4 heteroatoms. The van der Waals surface area contributed by atoms with E-state index >= 15 is 0 Å². The molecule has 59 heavy (non-hydrogen) atoms. The van der Waals surface area contributed by atoms with Crippen LogP contribution in [0.3, 0.4) is 0 Å². The normalized spacial score (nSPS) is 14.5. The lowest BCUT2D eigenvalue weighted by molar-refractivity contribution is 0.660. The Morgan fingerprint density at radius 2 is 0.864 bits per heavy atom. The average molecular weight is 754 g/mol. The molecule has 0 bridgehead atoms. The van der Waals surface area contributed by atoms with Crippen molar-refractivity contribution in [2.75, 3.05) is 0 Å². The van der Waals surface area contributed by atoms with Crippen LogP contribution in [0, 0.1) is 0 Å². The maximum Gasteiger partial charge on any atom is 0.167 e. The van der Waals surface area contributed by atoms with Gasteiger partial charge in [0.25, 0.3) is 0 Å². The van der Waals surface area contributed by atoms with Gasteiger partial charge in [0.2, 0.25) is 0 Å². The van der Waals surface area contributed by atoms with Gasteiger partial charge in [-0.05, 0) is 85.0 Å². The zero-order chi connectivity index (χ0) is 39.0. The quantitative estimate of drug-likeness (QED) is 0.180. The topological polar surface area (TPSA) is 51.8 Å². The van der Waals surface area contributed by atoms with Crippen molar-refractivity contribution in [3.63, 3.8) is 0 Å². The molecule has 4 nitrogen and oxygen atoms in total. The van der Waals surface area contributed by atoms with E-state index in [2.05, 4.69) is 178 Å². The monoisotopic (exact) mass is 753 g/mol.